The second kappa shape index (κ2) is 4.48. The highest BCUT2D eigenvalue weighted by Gasteiger charge is 2.06. The van der Waals surface area contributed by atoms with Gasteiger partial charge in [-0.3, -0.25) is 0 Å². The number of nitrogens with zero attached hydrogens (tertiary/aromatic N) is 2. The van der Waals surface area contributed by atoms with Crippen LogP contribution in [0, 0.1) is 5.92 Å². The Labute approximate surface area is 57.4 Å². The zero-order chi connectivity index (χ0) is 7.28. The lowest BCUT2D eigenvalue weighted by Gasteiger charge is -2.10. The number of rotatable bonds is 3. The van der Waals surface area contributed by atoms with Crippen LogP contribution in [0.25, 0.3) is 0 Å². The molecule has 0 rings (SSSR count). The molecule has 0 aromatic rings. The van der Waals surface area contributed by atoms with E-state index in [2.05, 4.69) is 31.0 Å². The Kier molecular flexibility index (Phi) is 4.28. The summed E-state index contributed by atoms with van der Waals surface area (Å²) in [5.74, 6) is 0.661. The zero-order valence-corrected chi connectivity index (χ0v) is 6.76. The third-order valence-corrected chi connectivity index (χ3v) is 1.77. The summed E-state index contributed by atoms with van der Waals surface area (Å²) in [5, 5.41) is 7.75. The highest BCUT2D eigenvalue weighted by molar-refractivity contribution is 4.63. The molecule has 0 radical (unpaired) electrons. The Balaban J connectivity index is 3.58. The van der Waals surface area contributed by atoms with Crippen molar-refractivity contribution in [1.82, 2.24) is 0 Å². The van der Waals surface area contributed by atoms with Gasteiger partial charge in [-0.2, -0.15) is 10.2 Å². The molecular formula is C7H16N2. The van der Waals surface area contributed by atoms with E-state index in [4.69, 9.17) is 0 Å². The zero-order valence-electron chi connectivity index (χ0n) is 6.76. The standard InChI is InChI=1S/C7H16N2/c1-5-6(2)7(3)9-8-4/h6-7H,5H2,1-4H3/b9-8+. The summed E-state index contributed by atoms with van der Waals surface area (Å²) in [6.45, 7) is 6.47. The quantitative estimate of drug-likeness (QED) is 0.522. The Morgan fingerprint density at radius 3 is 2.22 bits per heavy atom. The minimum atomic E-state index is 0.389. The van der Waals surface area contributed by atoms with E-state index in [0.717, 1.165) is 0 Å². The molecule has 2 nitrogen and oxygen atoms in total. The fourth-order valence-electron chi connectivity index (χ4n) is 0.637. The molecule has 0 aliphatic rings. The Bertz CT molecular complexity index is 88.9. The van der Waals surface area contributed by atoms with Gasteiger partial charge in [0, 0.05) is 7.05 Å². The average Bonchev–Trinajstić information content (AvgIpc) is 1.87. The van der Waals surface area contributed by atoms with Crippen LogP contribution in [0.4, 0.5) is 0 Å². The summed E-state index contributed by atoms with van der Waals surface area (Å²) in [5.41, 5.74) is 0. The van der Waals surface area contributed by atoms with Crippen LogP contribution in [0.5, 0.6) is 0 Å². The molecule has 0 fully saturated rings. The van der Waals surface area contributed by atoms with Crippen LogP contribution in [0.15, 0.2) is 10.2 Å². The molecule has 2 unspecified atom stereocenters. The lowest BCUT2D eigenvalue weighted by Crippen LogP contribution is -2.09. The van der Waals surface area contributed by atoms with E-state index in [1.54, 1.807) is 7.05 Å². The van der Waals surface area contributed by atoms with Crippen LogP contribution in [0.2, 0.25) is 0 Å². The molecule has 0 bridgehead atoms. The lowest BCUT2D eigenvalue weighted by molar-refractivity contribution is 0.457. The van der Waals surface area contributed by atoms with Crippen molar-refractivity contribution in [2.75, 3.05) is 7.05 Å². The fourth-order valence-corrected chi connectivity index (χ4v) is 0.637. The van der Waals surface area contributed by atoms with Crippen molar-refractivity contribution in [2.45, 2.75) is 33.2 Å². The van der Waals surface area contributed by atoms with Crippen molar-refractivity contribution in [2.24, 2.45) is 16.1 Å². The van der Waals surface area contributed by atoms with Crippen LogP contribution in [0.1, 0.15) is 27.2 Å². The first-order valence-electron chi connectivity index (χ1n) is 3.51. The summed E-state index contributed by atoms with van der Waals surface area (Å²) < 4.78 is 0. The maximum absolute atomic E-state index is 4.02. The summed E-state index contributed by atoms with van der Waals surface area (Å²) in [4.78, 5) is 0. The van der Waals surface area contributed by atoms with E-state index in [1.165, 1.54) is 6.42 Å². The molecule has 9 heavy (non-hydrogen) atoms. The maximum Gasteiger partial charge on any atom is 0.0705 e. The van der Waals surface area contributed by atoms with E-state index in [1.807, 2.05) is 0 Å². The van der Waals surface area contributed by atoms with E-state index in [9.17, 15) is 0 Å². The highest BCUT2D eigenvalue weighted by atomic mass is 15.1. The van der Waals surface area contributed by atoms with Gasteiger partial charge < -0.3 is 0 Å². The summed E-state index contributed by atoms with van der Waals surface area (Å²) in [7, 11) is 1.72. The van der Waals surface area contributed by atoms with Crippen molar-refractivity contribution in [3.05, 3.63) is 0 Å². The minimum Gasteiger partial charge on any atom is -0.197 e. The predicted molar refractivity (Wildman–Crippen MR) is 39.7 cm³/mol. The molecule has 0 aromatic heterocycles. The maximum atomic E-state index is 4.02. The normalized spacial score (nSPS) is 18.2. The molecule has 0 saturated heterocycles. The molecule has 2 heteroatoms. The van der Waals surface area contributed by atoms with Crippen LogP contribution in [-0.2, 0) is 0 Å². The SMILES string of the molecule is CCC(C)C(C)/N=N/C. The number of hydrogen-bond acceptors (Lipinski definition) is 2. The van der Waals surface area contributed by atoms with Crippen molar-refractivity contribution in [1.29, 1.82) is 0 Å². The molecule has 0 spiro atoms. The molecule has 0 heterocycles. The Morgan fingerprint density at radius 2 is 1.89 bits per heavy atom. The number of hydrogen-bond donors (Lipinski definition) is 0. The molecule has 0 N–H and O–H groups in total. The molecule has 0 amide bonds. The minimum absolute atomic E-state index is 0.389. The van der Waals surface area contributed by atoms with E-state index >= 15 is 0 Å². The van der Waals surface area contributed by atoms with Gasteiger partial charge in [0.25, 0.3) is 0 Å². The van der Waals surface area contributed by atoms with Gasteiger partial charge >= 0.3 is 0 Å². The second-order valence-electron chi connectivity index (χ2n) is 2.44. The summed E-state index contributed by atoms with van der Waals surface area (Å²) >= 11 is 0. The summed E-state index contributed by atoms with van der Waals surface area (Å²) in [6.07, 6.45) is 1.18. The molecule has 0 saturated carbocycles. The van der Waals surface area contributed by atoms with Crippen molar-refractivity contribution in [3.8, 4) is 0 Å². The third-order valence-electron chi connectivity index (χ3n) is 1.77. The lowest BCUT2D eigenvalue weighted by atomic mass is 10.0. The molecular weight excluding hydrogens is 112 g/mol. The first kappa shape index (κ1) is 8.60. The molecule has 0 aliphatic carbocycles. The first-order chi connectivity index (χ1) is 4.22. The Hall–Kier alpha value is -0.400. The monoisotopic (exact) mass is 128 g/mol. The van der Waals surface area contributed by atoms with Gasteiger partial charge in [-0.15, -0.1) is 0 Å². The van der Waals surface area contributed by atoms with Gasteiger partial charge in [-0.1, -0.05) is 20.3 Å². The van der Waals surface area contributed by atoms with Crippen LogP contribution in [0.3, 0.4) is 0 Å². The van der Waals surface area contributed by atoms with Gasteiger partial charge in [0.05, 0.1) is 6.04 Å². The largest absolute Gasteiger partial charge is 0.197 e. The van der Waals surface area contributed by atoms with Gasteiger partial charge in [0.1, 0.15) is 0 Å². The molecule has 0 aliphatic heterocycles. The topological polar surface area (TPSA) is 24.7 Å². The van der Waals surface area contributed by atoms with Gasteiger partial charge in [0.15, 0.2) is 0 Å². The first-order valence-corrected chi connectivity index (χ1v) is 3.51. The van der Waals surface area contributed by atoms with Crippen LogP contribution < -0.4 is 0 Å². The second-order valence-corrected chi connectivity index (χ2v) is 2.44. The van der Waals surface area contributed by atoms with Crippen molar-refractivity contribution in [3.63, 3.8) is 0 Å². The molecule has 2 atom stereocenters. The van der Waals surface area contributed by atoms with Gasteiger partial charge in [-0.25, -0.2) is 0 Å². The summed E-state index contributed by atoms with van der Waals surface area (Å²) in [6, 6.07) is 0.389. The highest BCUT2D eigenvalue weighted by Crippen LogP contribution is 2.09. The Morgan fingerprint density at radius 1 is 1.33 bits per heavy atom. The predicted octanol–water partition coefficient (Wildman–Crippen LogP) is 2.50. The van der Waals surface area contributed by atoms with E-state index in [0.29, 0.717) is 12.0 Å². The van der Waals surface area contributed by atoms with Crippen molar-refractivity contribution < 1.29 is 0 Å². The number of azo groups is 1. The van der Waals surface area contributed by atoms with E-state index in [-0.39, 0.29) is 0 Å². The smallest absolute Gasteiger partial charge is 0.0705 e. The van der Waals surface area contributed by atoms with E-state index < -0.39 is 0 Å². The average molecular weight is 128 g/mol. The van der Waals surface area contributed by atoms with Gasteiger partial charge in [-0.05, 0) is 12.8 Å². The van der Waals surface area contributed by atoms with Crippen LogP contribution in [-0.4, -0.2) is 13.1 Å². The third kappa shape index (κ3) is 3.22. The van der Waals surface area contributed by atoms with Gasteiger partial charge in [0.2, 0.25) is 0 Å². The van der Waals surface area contributed by atoms with Crippen LogP contribution >= 0.6 is 0 Å². The fraction of sp³-hybridized carbons (Fsp3) is 1.00. The molecule has 54 valence electrons. The van der Waals surface area contributed by atoms with Crippen molar-refractivity contribution >= 4 is 0 Å². The molecule has 0 aromatic carbocycles.